The third-order valence-corrected chi connectivity index (χ3v) is 7.95. The summed E-state index contributed by atoms with van der Waals surface area (Å²) in [5.74, 6) is 1.72. The summed E-state index contributed by atoms with van der Waals surface area (Å²) in [4.78, 5) is 0. The van der Waals surface area contributed by atoms with Crippen molar-refractivity contribution < 1.29 is 9.09 Å². The van der Waals surface area contributed by atoms with Crippen molar-refractivity contribution in [2.24, 2.45) is 17.8 Å². The molecule has 0 aliphatic heterocycles. The molecule has 0 amide bonds. The first-order chi connectivity index (χ1) is 12.0. The topological polar surface area (TPSA) is 26.3 Å². The summed E-state index contributed by atoms with van der Waals surface area (Å²) >= 11 is 0. The molecule has 0 saturated heterocycles. The van der Waals surface area contributed by atoms with Crippen LogP contribution in [0, 0.1) is 17.8 Å². The second-order valence-electron chi connectivity index (χ2n) is 7.69. The molecule has 0 spiro atoms. The molecule has 1 aliphatic rings. The van der Waals surface area contributed by atoms with E-state index in [0.29, 0.717) is 11.8 Å². The third-order valence-electron chi connectivity index (χ3n) is 5.43. The highest BCUT2D eigenvalue weighted by Crippen LogP contribution is 2.50. The summed E-state index contributed by atoms with van der Waals surface area (Å²) in [5, 5.41) is 1.59. The van der Waals surface area contributed by atoms with E-state index in [-0.39, 0.29) is 6.10 Å². The van der Waals surface area contributed by atoms with Gasteiger partial charge in [0.1, 0.15) is 0 Å². The smallest absolute Gasteiger partial charge is 0.261 e. The molecule has 1 aliphatic carbocycles. The molecule has 2 aromatic rings. The molecule has 134 valence electrons. The summed E-state index contributed by atoms with van der Waals surface area (Å²) in [6.07, 6.45) is 3.36. The molecule has 25 heavy (non-hydrogen) atoms. The highest BCUT2D eigenvalue weighted by molar-refractivity contribution is 7.74. The first-order valence-corrected chi connectivity index (χ1v) is 11.0. The Kier molecular flexibility index (Phi) is 5.81. The zero-order valence-electron chi connectivity index (χ0n) is 15.5. The maximum absolute atomic E-state index is 14.1. The zero-order chi connectivity index (χ0) is 17.9. The molecule has 3 rings (SSSR count). The third kappa shape index (κ3) is 4.07. The Hall–Kier alpha value is -1.37. The van der Waals surface area contributed by atoms with Crippen molar-refractivity contribution in [3.63, 3.8) is 0 Å². The molecule has 3 atom stereocenters. The monoisotopic (exact) mass is 356 g/mol. The van der Waals surface area contributed by atoms with Crippen LogP contribution < -0.4 is 10.6 Å². The molecule has 0 unspecified atom stereocenters. The highest BCUT2D eigenvalue weighted by atomic mass is 31.2. The van der Waals surface area contributed by atoms with E-state index in [1.807, 2.05) is 60.7 Å². The van der Waals surface area contributed by atoms with Gasteiger partial charge in [0.05, 0.1) is 6.10 Å². The molecule has 0 heterocycles. The standard InChI is InChI=1S/C22H29O2P/c1-17(2)21-16-18(3)14-15-22(21)24-25(23,19-10-6-4-7-11-19)20-12-8-5-9-13-20/h4-13,17-18,21-22H,14-16H2,1-3H3/t18-,21-,22+/m0/s1. The van der Waals surface area contributed by atoms with Crippen LogP contribution in [0.4, 0.5) is 0 Å². The van der Waals surface area contributed by atoms with Gasteiger partial charge in [-0.25, -0.2) is 0 Å². The van der Waals surface area contributed by atoms with Gasteiger partial charge in [-0.05, 0) is 61.3 Å². The highest BCUT2D eigenvalue weighted by Gasteiger charge is 2.38. The molecule has 0 aromatic heterocycles. The van der Waals surface area contributed by atoms with Gasteiger partial charge in [0.25, 0.3) is 7.37 Å². The fourth-order valence-electron chi connectivity index (χ4n) is 3.94. The zero-order valence-corrected chi connectivity index (χ0v) is 16.4. The largest absolute Gasteiger partial charge is 0.318 e. The molecule has 1 saturated carbocycles. The summed E-state index contributed by atoms with van der Waals surface area (Å²) in [6.45, 7) is 6.84. The summed E-state index contributed by atoms with van der Waals surface area (Å²) in [7, 11) is -3.09. The van der Waals surface area contributed by atoms with Crippen LogP contribution >= 0.6 is 7.37 Å². The summed E-state index contributed by atoms with van der Waals surface area (Å²) in [5.41, 5.74) is 0. The molecular weight excluding hydrogens is 327 g/mol. The number of benzene rings is 2. The van der Waals surface area contributed by atoms with Crippen LogP contribution in [0.15, 0.2) is 60.7 Å². The van der Waals surface area contributed by atoms with Gasteiger partial charge >= 0.3 is 0 Å². The van der Waals surface area contributed by atoms with Crippen LogP contribution in [0.2, 0.25) is 0 Å². The maximum atomic E-state index is 14.1. The predicted molar refractivity (Wildman–Crippen MR) is 106 cm³/mol. The van der Waals surface area contributed by atoms with Gasteiger partial charge in [-0.1, -0.05) is 57.2 Å². The van der Waals surface area contributed by atoms with E-state index in [2.05, 4.69) is 20.8 Å². The summed E-state index contributed by atoms with van der Waals surface area (Å²) in [6, 6.07) is 19.4. The first-order valence-electron chi connectivity index (χ1n) is 9.40. The maximum Gasteiger partial charge on any atom is 0.261 e. The Bertz CT molecular complexity index is 668. The van der Waals surface area contributed by atoms with Gasteiger partial charge in [0.15, 0.2) is 0 Å². The van der Waals surface area contributed by atoms with Crippen LogP contribution in [0.1, 0.15) is 40.0 Å². The van der Waals surface area contributed by atoms with Gasteiger partial charge in [-0.15, -0.1) is 0 Å². The minimum Gasteiger partial charge on any atom is -0.318 e. The van der Waals surface area contributed by atoms with Crippen molar-refractivity contribution in [1.29, 1.82) is 0 Å². The molecule has 0 N–H and O–H groups in total. The number of rotatable bonds is 5. The van der Waals surface area contributed by atoms with Crippen molar-refractivity contribution in [1.82, 2.24) is 0 Å². The van der Waals surface area contributed by atoms with E-state index >= 15 is 0 Å². The summed E-state index contributed by atoms with van der Waals surface area (Å²) < 4.78 is 20.6. The number of hydrogen-bond acceptors (Lipinski definition) is 2. The molecule has 3 heteroatoms. The minimum absolute atomic E-state index is 0.0578. The van der Waals surface area contributed by atoms with Gasteiger partial charge in [0.2, 0.25) is 0 Å². The van der Waals surface area contributed by atoms with Crippen LogP contribution in [0.3, 0.4) is 0 Å². The van der Waals surface area contributed by atoms with Crippen LogP contribution in [0.25, 0.3) is 0 Å². The predicted octanol–water partition coefficient (Wildman–Crippen LogP) is 5.39. The van der Waals surface area contributed by atoms with Crippen molar-refractivity contribution in [3.05, 3.63) is 60.7 Å². The van der Waals surface area contributed by atoms with Gasteiger partial charge in [0, 0.05) is 10.6 Å². The molecule has 1 fully saturated rings. The van der Waals surface area contributed by atoms with E-state index in [1.165, 1.54) is 0 Å². The van der Waals surface area contributed by atoms with Gasteiger partial charge < -0.3 is 4.52 Å². The van der Waals surface area contributed by atoms with E-state index in [9.17, 15) is 4.57 Å². The second-order valence-corrected chi connectivity index (χ2v) is 10.0. The number of hydrogen-bond donors (Lipinski definition) is 0. The van der Waals surface area contributed by atoms with Gasteiger partial charge in [-0.3, -0.25) is 4.57 Å². The molecule has 2 nitrogen and oxygen atoms in total. The molecule has 0 radical (unpaired) electrons. The fourth-order valence-corrected chi connectivity index (χ4v) is 6.25. The lowest BCUT2D eigenvalue weighted by molar-refractivity contribution is 0.0527. The SMILES string of the molecule is CC(C)[C@@H]1C[C@@H](C)CC[C@H]1OP(=O)(c1ccccc1)c1ccccc1. The lowest BCUT2D eigenvalue weighted by Crippen LogP contribution is -2.35. The van der Waals surface area contributed by atoms with Crippen molar-refractivity contribution >= 4 is 18.0 Å². The van der Waals surface area contributed by atoms with Crippen LogP contribution in [-0.2, 0) is 9.09 Å². The van der Waals surface area contributed by atoms with Crippen molar-refractivity contribution in [2.75, 3.05) is 0 Å². The van der Waals surface area contributed by atoms with E-state index < -0.39 is 7.37 Å². The van der Waals surface area contributed by atoms with Crippen LogP contribution in [0.5, 0.6) is 0 Å². The minimum atomic E-state index is -3.09. The van der Waals surface area contributed by atoms with Crippen LogP contribution in [-0.4, -0.2) is 6.10 Å². The van der Waals surface area contributed by atoms with Crippen molar-refractivity contribution in [2.45, 2.75) is 46.1 Å². The Balaban J connectivity index is 1.97. The molecular formula is C22H29O2P. The molecule has 0 bridgehead atoms. The van der Waals surface area contributed by atoms with E-state index in [1.54, 1.807) is 0 Å². The van der Waals surface area contributed by atoms with Crippen molar-refractivity contribution in [3.8, 4) is 0 Å². The fraction of sp³-hybridized carbons (Fsp3) is 0.455. The Morgan fingerprint density at radius 1 is 0.920 bits per heavy atom. The average molecular weight is 356 g/mol. The first kappa shape index (κ1) is 18.4. The Morgan fingerprint density at radius 2 is 1.44 bits per heavy atom. The van der Waals surface area contributed by atoms with E-state index in [0.717, 1.165) is 35.8 Å². The lowest BCUT2D eigenvalue weighted by Gasteiger charge is -2.39. The average Bonchev–Trinajstić information content (AvgIpc) is 2.64. The normalized spacial score (nSPS) is 24.4. The van der Waals surface area contributed by atoms with Gasteiger partial charge in [-0.2, -0.15) is 0 Å². The second kappa shape index (κ2) is 7.89. The Morgan fingerprint density at radius 3 is 1.92 bits per heavy atom. The Labute approximate surface area is 152 Å². The quantitative estimate of drug-likeness (QED) is 0.671. The molecule has 2 aromatic carbocycles. The van der Waals surface area contributed by atoms with E-state index in [4.69, 9.17) is 4.52 Å². The lowest BCUT2D eigenvalue weighted by atomic mass is 9.75.